The molecule has 3 aromatic carbocycles. The summed E-state index contributed by atoms with van der Waals surface area (Å²) in [5.74, 6) is -0.146. The third-order valence-corrected chi connectivity index (χ3v) is 6.00. The van der Waals surface area contributed by atoms with Crippen molar-refractivity contribution in [1.82, 2.24) is 0 Å². The number of rotatable bonds is 7. The third-order valence-electron chi connectivity index (χ3n) is 5.03. The van der Waals surface area contributed by atoms with Gasteiger partial charge in [-0.15, -0.1) is 0 Å². The fourth-order valence-electron chi connectivity index (χ4n) is 3.37. The van der Waals surface area contributed by atoms with Gasteiger partial charge < -0.3 is 16.8 Å². The second-order valence-corrected chi connectivity index (χ2v) is 9.00. The summed E-state index contributed by atoms with van der Waals surface area (Å²) in [4.78, 5) is 12.6. The fourth-order valence-corrected chi connectivity index (χ4v) is 4.13. The molecule has 1 amide bonds. The van der Waals surface area contributed by atoms with Crippen LogP contribution in [-0.4, -0.2) is 14.3 Å². The summed E-state index contributed by atoms with van der Waals surface area (Å²) in [5, 5.41) is 8.18. The van der Waals surface area contributed by atoms with Gasteiger partial charge in [0.25, 0.3) is 0 Å². The van der Waals surface area contributed by atoms with E-state index in [-0.39, 0.29) is 16.7 Å². The van der Waals surface area contributed by atoms with Crippen LogP contribution in [-0.2, 0) is 14.8 Å². The van der Waals surface area contributed by atoms with Crippen LogP contribution in [0.2, 0.25) is 0 Å². The maximum atomic E-state index is 12.5. The summed E-state index contributed by atoms with van der Waals surface area (Å²) in [5.41, 5.74) is 15.1. The normalized spacial score (nSPS) is 12.5. The molecule has 0 aliphatic carbocycles. The summed E-state index contributed by atoms with van der Waals surface area (Å²) in [6.45, 7) is 1.97. The number of nitrogens with two attached hydrogens (primary N) is 3. The van der Waals surface area contributed by atoms with Gasteiger partial charge in [0.05, 0.1) is 11.1 Å². The number of anilines is 1. The third kappa shape index (κ3) is 5.77. The fraction of sp³-hybridized carbons (Fsp3) is 0.174. The molecular formula is C23H26N4O3S. The number of sulfonamides is 1. The van der Waals surface area contributed by atoms with Crippen LogP contribution in [0.25, 0.3) is 11.1 Å². The summed E-state index contributed by atoms with van der Waals surface area (Å²) < 4.78 is 23.6. The summed E-state index contributed by atoms with van der Waals surface area (Å²) in [6, 6.07) is 21.1. The van der Waals surface area contributed by atoms with Gasteiger partial charge in [-0.3, -0.25) is 4.79 Å². The van der Waals surface area contributed by atoms with E-state index >= 15 is 0 Å². The van der Waals surface area contributed by atoms with Crippen molar-refractivity contribution in [2.45, 2.75) is 30.3 Å². The Morgan fingerprint density at radius 2 is 1.58 bits per heavy atom. The van der Waals surface area contributed by atoms with Gasteiger partial charge in [0.15, 0.2) is 0 Å². The molecule has 0 saturated carbocycles. The van der Waals surface area contributed by atoms with E-state index < -0.39 is 16.2 Å². The molecule has 0 spiro atoms. The van der Waals surface area contributed by atoms with Gasteiger partial charge in [0.2, 0.25) is 15.9 Å². The van der Waals surface area contributed by atoms with Crippen LogP contribution in [0, 0.1) is 0 Å². The second kappa shape index (κ2) is 9.40. The molecule has 0 radical (unpaired) electrons. The number of amides is 1. The van der Waals surface area contributed by atoms with Crippen LogP contribution in [0.4, 0.5) is 5.69 Å². The molecule has 31 heavy (non-hydrogen) atoms. The van der Waals surface area contributed by atoms with Crippen molar-refractivity contribution in [2.75, 3.05) is 5.32 Å². The van der Waals surface area contributed by atoms with Crippen molar-refractivity contribution >= 4 is 21.6 Å². The number of carbonyl (C=O) groups is 1. The average molecular weight is 439 g/mol. The van der Waals surface area contributed by atoms with Crippen LogP contribution >= 0.6 is 0 Å². The summed E-state index contributed by atoms with van der Waals surface area (Å²) in [6.07, 6.45) is -0.266. The monoisotopic (exact) mass is 438 g/mol. The predicted octanol–water partition coefficient (Wildman–Crippen LogP) is 3.05. The maximum Gasteiger partial charge on any atom is 0.238 e. The van der Waals surface area contributed by atoms with Crippen molar-refractivity contribution in [1.29, 1.82) is 0 Å². The van der Waals surface area contributed by atoms with Crippen molar-refractivity contribution in [3.63, 3.8) is 0 Å². The van der Waals surface area contributed by atoms with Crippen LogP contribution in [0.1, 0.15) is 36.6 Å². The highest BCUT2D eigenvalue weighted by Crippen LogP contribution is 2.28. The Bertz CT molecular complexity index is 1180. The first-order valence-electron chi connectivity index (χ1n) is 9.78. The zero-order chi connectivity index (χ0) is 22.6. The van der Waals surface area contributed by atoms with Gasteiger partial charge in [0.1, 0.15) is 0 Å². The quantitative estimate of drug-likeness (QED) is 0.420. The van der Waals surface area contributed by atoms with Crippen molar-refractivity contribution in [2.24, 2.45) is 16.6 Å². The van der Waals surface area contributed by atoms with Crippen molar-refractivity contribution in [3.05, 3.63) is 83.9 Å². The minimum atomic E-state index is -3.84. The van der Waals surface area contributed by atoms with E-state index in [9.17, 15) is 13.2 Å². The van der Waals surface area contributed by atoms with E-state index in [1.54, 1.807) is 42.5 Å². The molecule has 8 heteroatoms. The molecule has 1 atom stereocenters. The number of carbonyl (C=O) groups excluding carboxylic acids is 1. The van der Waals surface area contributed by atoms with E-state index in [4.69, 9.17) is 16.6 Å². The minimum Gasteiger partial charge on any atom is -0.326 e. The molecule has 0 aliphatic heterocycles. The Morgan fingerprint density at radius 3 is 2.23 bits per heavy atom. The molecule has 0 fully saturated rings. The Morgan fingerprint density at radius 1 is 0.935 bits per heavy atom. The van der Waals surface area contributed by atoms with E-state index in [0.29, 0.717) is 23.2 Å². The van der Waals surface area contributed by atoms with E-state index in [1.165, 1.54) is 6.07 Å². The smallest absolute Gasteiger partial charge is 0.238 e. The molecule has 0 aromatic heterocycles. The molecule has 3 aromatic rings. The predicted molar refractivity (Wildman–Crippen MR) is 122 cm³/mol. The Balaban J connectivity index is 1.69. The lowest BCUT2D eigenvalue weighted by molar-refractivity contribution is -0.116. The molecule has 162 valence electrons. The number of nitrogens with one attached hydrogen (secondary N) is 1. The van der Waals surface area contributed by atoms with Crippen LogP contribution in [0.3, 0.4) is 0 Å². The van der Waals surface area contributed by atoms with Crippen LogP contribution in [0.5, 0.6) is 0 Å². The van der Waals surface area contributed by atoms with Gasteiger partial charge in [0, 0.05) is 17.7 Å². The lowest BCUT2D eigenvalue weighted by Gasteiger charge is -2.15. The van der Waals surface area contributed by atoms with Crippen molar-refractivity contribution in [3.8, 4) is 11.1 Å². The molecule has 3 rings (SSSR count). The maximum absolute atomic E-state index is 12.5. The highest BCUT2D eigenvalue weighted by Gasteiger charge is 2.15. The summed E-state index contributed by atoms with van der Waals surface area (Å²) >= 11 is 0. The van der Waals surface area contributed by atoms with Gasteiger partial charge in [-0.05, 0) is 40.8 Å². The number of benzene rings is 3. The average Bonchev–Trinajstić information content (AvgIpc) is 2.73. The summed E-state index contributed by atoms with van der Waals surface area (Å²) in [7, 11) is -3.84. The molecule has 0 saturated heterocycles. The van der Waals surface area contributed by atoms with Gasteiger partial charge in [-0.25, -0.2) is 13.6 Å². The molecule has 0 bridgehead atoms. The molecule has 7 N–H and O–H groups in total. The van der Waals surface area contributed by atoms with Gasteiger partial charge >= 0.3 is 0 Å². The Labute approximate surface area is 182 Å². The first-order chi connectivity index (χ1) is 14.6. The number of hydrogen-bond acceptors (Lipinski definition) is 5. The number of hydrogen-bond donors (Lipinski definition) is 4. The van der Waals surface area contributed by atoms with E-state index in [1.807, 2.05) is 31.2 Å². The van der Waals surface area contributed by atoms with Crippen molar-refractivity contribution < 1.29 is 13.2 Å². The Kier molecular flexibility index (Phi) is 6.87. The lowest BCUT2D eigenvalue weighted by atomic mass is 9.95. The first-order valence-corrected chi connectivity index (χ1v) is 11.3. The van der Waals surface area contributed by atoms with Crippen LogP contribution < -0.4 is 21.9 Å². The lowest BCUT2D eigenvalue weighted by Crippen LogP contribution is -2.20. The highest BCUT2D eigenvalue weighted by molar-refractivity contribution is 7.89. The Hall–Kier alpha value is -3.04. The second-order valence-electron chi connectivity index (χ2n) is 7.47. The molecule has 0 aliphatic rings. The molecule has 0 heterocycles. The standard InChI is InChI=1S/C23H26N4O3S/c1-15(17-5-4-6-18(14-17)23(24)25)13-22(28)27-19-11-9-16(10-12-19)20-7-2-3-8-21(20)31(26,29)30/h2-12,14-15,23H,13,24-25H2,1H3,(H,27,28)(H2,26,29,30). The topological polar surface area (TPSA) is 141 Å². The zero-order valence-electron chi connectivity index (χ0n) is 17.2. The number of primary sulfonamides is 1. The van der Waals surface area contributed by atoms with Gasteiger partial charge in [-0.1, -0.05) is 61.5 Å². The van der Waals surface area contributed by atoms with E-state index in [2.05, 4.69) is 5.32 Å². The first kappa shape index (κ1) is 22.6. The highest BCUT2D eigenvalue weighted by atomic mass is 32.2. The minimum absolute atomic E-state index is 0.0142. The van der Waals surface area contributed by atoms with Crippen LogP contribution in [0.15, 0.2) is 77.7 Å². The SMILES string of the molecule is CC(CC(=O)Nc1ccc(-c2ccccc2S(N)(=O)=O)cc1)c1cccc(C(N)N)c1. The zero-order valence-corrected chi connectivity index (χ0v) is 18.0. The largest absolute Gasteiger partial charge is 0.326 e. The van der Waals surface area contributed by atoms with E-state index in [0.717, 1.165) is 11.1 Å². The molecular weight excluding hydrogens is 412 g/mol. The molecule has 1 unspecified atom stereocenters. The van der Waals surface area contributed by atoms with Gasteiger partial charge in [-0.2, -0.15) is 0 Å². The molecule has 7 nitrogen and oxygen atoms in total.